The highest BCUT2D eigenvalue weighted by molar-refractivity contribution is 5.59. The van der Waals surface area contributed by atoms with Crippen molar-refractivity contribution in [2.45, 2.75) is 59.3 Å². The molecule has 1 unspecified atom stereocenters. The summed E-state index contributed by atoms with van der Waals surface area (Å²) in [6, 6.07) is 6.91. The molecule has 0 amide bonds. The molecule has 0 saturated heterocycles. The van der Waals surface area contributed by atoms with Gasteiger partial charge in [0.05, 0.1) is 0 Å². The third-order valence-corrected chi connectivity index (χ3v) is 5.68. The normalized spacial score (nSPS) is 29.9. The Labute approximate surface area is 124 Å². The van der Waals surface area contributed by atoms with Crippen LogP contribution in [-0.4, -0.2) is 6.54 Å². The fourth-order valence-electron chi connectivity index (χ4n) is 4.29. The van der Waals surface area contributed by atoms with Crippen molar-refractivity contribution < 1.29 is 0 Å². The van der Waals surface area contributed by atoms with E-state index in [1.54, 1.807) is 5.56 Å². The van der Waals surface area contributed by atoms with E-state index >= 15 is 0 Å². The number of benzene rings is 1. The van der Waals surface area contributed by atoms with Gasteiger partial charge in [-0.25, -0.2) is 0 Å². The largest absolute Gasteiger partial charge is 0.384 e. The van der Waals surface area contributed by atoms with Gasteiger partial charge in [0.2, 0.25) is 0 Å². The van der Waals surface area contributed by atoms with Crippen LogP contribution in [0.1, 0.15) is 63.5 Å². The average Bonchev–Trinajstić information content (AvgIpc) is 2.81. The van der Waals surface area contributed by atoms with Gasteiger partial charge in [0.1, 0.15) is 0 Å². The number of nitrogens with one attached hydrogen (secondary N) is 1. The van der Waals surface area contributed by atoms with Gasteiger partial charge in [-0.1, -0.05) is 38.5 Å². The van der Waals surface area contributed by atoms with E-state index < -0.39 is 0 Å². The van der Waals surface area contributed by atoms with Crippen LogP contribution in [-0.2, 0) is 0 Å². The van der Waals surface area contributed by atoms with Crippen LogP contribution < -0.4 is 5.32 Å². The number of fused-ring (bicyclic) bond motifs is 1. The zero-order valence-electron chi connectivity index (χ0n) is 13.5. The number of anilines is 1. The zero-order valence-corrected chi connectivity index (χ0v) is 13.5. The molecule has 0 bridgehead atoms. The Morgan fingerprint density at radius 2 is 1.75 bits per heavy atom. The molecule has 1 aliphatic carbocycles. The molecule has 110 valence electrons. The maximum Gasteiger partial charge on any atom is 0.0376 e. The molecule has 3 rings (SSSR count). The van der Waals surface area contributed by atoms with Gasteiger partial charge in [-0.3, -0.25) is 0 Å². The van der Waals surface area contributed by atoms with Gasteiger partial charge in [0.15, 0.2) is 0 Å². The second-order valence-electron chi connectivity index (χ2n) is 8.06. The van der Waals surface area contributed by atoms with E-state index in [4.69, 9.17) is 0 Å². The molecule has 1 nitrogen and oxygen atoms in total. The molecule has 0 spiro atoms. The van der Waals surface area contributed by atoms with Crippen LogP contribution in [0.3, 0.4) is 0 Å². The van der Waals surface area contributed by atoms with Crippen LogP contribution in [0.15, 0.2) is 18.2 Å². The smallest absolute Gasteiger partial charge is 0.0376 e. The molecule has 1 aromatic carbocycles. The highest BCUT2D eigenvalue weighted by Gasteiger charge is 2.35. The summed E-state index contributed by atoms with van der Waals surface area (Å²) in [5, 5.41) is 3.62. The Kier molecular flexibility index (Phi) is 3.56. The lowest BCUT2D eigenvalue weighted by molar-refractivity contribution is 0.141. The maximum absolute atomic E-state index is 3.62. The summed E-state index contributed by atoms with van der Waals surface area (Å²) in [7, 11) is 0. The molecule has 0 radical (unpaired) electrons. The zero-order chi connectivity index (χ0) is 14.3. The lowest BCUT2D eigenvalue weighted by atomic mass is 9.67. The van der Waals surface area contributed by atoms with Crippen molar-refractivity contribution in [2.24, 2.45) is 17.3 Å². The number of hydrogen-bond acceptors (Lipinski definition) is 1. The summed E-state index contributed by atoms with van der Waals surface area (Å²) in [6.07, 6.45) is 5.68. The summed E-state index contributed by atoms with van der Waals surface area (Å²) in [5.41, 5.74) is 4.87. The molecule has 2 aliphatic rings. The SMILES string of the molecule is Cc1ccc2c(c1)C(C1CCC(C(C)(C)C)CC1)CN2. The molecule has 1 fully saturated rings. The first-order valence-electron chi connectivity index (χ1n) is 8.29. The number of rotatable bonds is 1. The average molecular weight is 271 g/mol. The van der Waals surface area contributed by atoms with E-state index in [2.05, 4.69) is 51.2 Å². The van der Waals surface area contributed by atoms with E-state index in [0.29, 0.717) is 5.41 Å². The van der Waals surface area contributed by atoms with Crippen molar-refractivity contribution in [3.63, 3.8) is 0 Å². The van der Waals surface area contributed by atoms with Crippen molar-refractivity contribution in [1.82, 2.24) is 0 Å². The molecule has 1 aromatic rings. The van der Waals surface area contributed by atoms with Gasteiger partial charge in [0.25, 0.3) is 0 Å². The molecule has 1 heterocycles. The van der Waals surface area contributed by atoms with Crippen LogP contribution in [0.2, 0.25) is 0 Å². The van der Waals surface area contributed by atoms with Gasteiger partial charge in [0, 0.05) is 18.2 Å². The molecule has 20 heavy (non-hydrogen) atoms. The Bertz CT molecular complexity index is 475. The van der Waals surface area contributed by atoms with Crippen LogP contribution in [0.25, 0.3) is 0 Å². The number of hydrogen-bond donors (Lipinski definition) is 1. The van der Waals surface area contributed by atoms with Crippen molar-refractivity contribution >= 4 is 5.69 Å². The van der Waals surface area contributed by atoms with E-state index in [1.807, 2.05) is 0 Å². The van der Waals surface area contributed by atoms with Gasteiger partial charge in [-0.15, -0.1) is 0 Å². The Balaban J connectivity index is 1.70. The molecule has 1 aliphatic heterocycles. The standard InChI is InChI=1S/C19H29N/c1-13-5-10-18-16(11-13)17(12-20-18)14-6-8-15(9-7-14)19(2,3)4/h5,10-11,14-15,17,20H,6-9,12H2,1-4H3. The Morgan fingerprint density at radius 3 is 2.40 bits per heavy atom. The van der Waals surface area contributed by atoms with Crippen molar-refractivity contribution in [3.05, 3.63) is 29.3 Å². The molecular weight excluding hydrogens is 242 g/mol. The van der Waals surface area contributed by atoms with Gasteiger partial charge >= 0.3 is 0 Å². The summed E-state index contributed by atoms with van der Waals surface area (Å²) >= 11 is 0. The Hall–Kier alpha value is -0.980. The summed E-state index contributed by atoms with van der Waals surface area (Å²) in [6.45, 7) is 10.6. The van der Waals surface area contributed by atoms with E-state index in [-0.39, 0.29) is 0 Å². The third kappa shape index (κ3) is 2.60. The molecule has 1 saturated carbocycles. The second kappa shape index (κ2) is 5.09. The van der Waals surface area contributed by atoms with E-state index in [9.17, 15) is 0 Å². The topological polar surface area (TPSA) is 12.0 Å². The van der Waals surface area contributed by atoms with E-state index in [1.165, 1.54) is 36.9 Å². The van der Waals surface area contributed by atoms with Gasteiger partial charge < -0.3 is 5.32 Å². The van der Waals surface area contributed by atoms with Gasteiger partial charge in [-0.05, 0) is 61.5 Å². The molecule has 1 atom stereocenters. The van der Waals surface area contributed by atoms with Crippen LogP contribution >= 0.6 is 0 Å². The highest BCUT2D eigenvalue weighted by Crippen LogP contribution is 2.47. The number of aryl methyl sites for hydroxylation is 1. The van der Waals surface area contributed by atoms with Crippen LogP contribution in [0, 0.1) is 24.2 Å². The molecule has 0 aromatic heterocycles. The fourth-order valence-corrected chi connectivity index (χ4v) is 4.29. The molecular formula is C19H29N. The minimum Gasteiger partial charge on any atom is -0.384 e. The quantitative estimate of drug-likeness (QED) is 0.725. The first-order chi connectivity index (χ1) is 9.45. The lowest BCUT2D eigenvalue weighted by Gasteiger charge is -2.38. The predicted molar refractivity (Wildman–Crippen MR) is 87.3 cm³/mol. The lowest BCUT2D eigenvalue weighted by Crippen LogP contribution is -2.28. The van der Waals surface area contributed by atoms with Crippen molar-refractivity contribution in [2.75, 3.05) is 11.9 Å². The predicted octanol–water partition coefficient (Wildman–Crippen LogP) is 5.36. The van der Waals surface area contributed by atoms with Crippen molar-refractivity contribution in [3.8, 4) is 0 Å². The van der Waals surface area contributed by atoms with Crippen LogP contribution in [0.4, 0.5) is 5.69 Å². The summed E-state index contributed by atoms with van der Waals surface area (Å²) in [5.74, 6) is 2.57. The van der Waals surface area contributed by atoms with Crippen molar-refractivity contribution in [1.29, 1.82) is 0 Å². The monoisotopic (exact) mass is 271 g/mol. The maximum atomic E-state index is 3.62. The van der Waals surface area contributed by atoms with E-state index in [0.717, 1.165) is 24.3 Å². The highest BCUT2D eigenvalue weighted by atomic mass is 14.9. The molecule has 1 N–H and O–H groups in total. The van der Waals surface area contributed by atoms with Gasteiger partial charge in [-0.2, -0.15) is 0 Å². The fraction of sp³-hybridized carbons (Fsp3) is 0.684. The third-order valence-electron chi connectivity index (χ3n) is 5.68. The minimum atomic E-state index is 0.493. The Morgan fingerprint density at radius 1 is 1.05 bits per heavy atom. The second-order valence-corrected chi connectivity index (χ2v) is 8.06. The first kappa shape index (κ1) is 14.0. The summed E-state index contributed by atoms with van der Waals surface area (Å²) < 4.78 is 0. The summed E-state index contributed by atoms with van der Waals surface area (Å²) in [4.78, 5) is 0. The van der Waals surface area contributed by atoms with Crippen LogP contribution in [0.5, 0.6) is 0 Å². The minimum absolute atomic E-state index is 0.493. The molecule has 1 heteroatoms. The first-order valence-corrected chi connectivity index (χ1v) is 8.29.